The van der Waals surface area contributed by atoms with Crippen LogP contribution in [0.4, 0.5) is 0 Å². The van der Waals surface area contributed by atoms with Gasteiger partial charge in [0.1, 0.15) is 5.54 Å². The Morgan fingerprint density at radius 3 is 2.88 bits per heavy atom. The Balaban J connectivity index is 2.05. The van der Waals surface area contributed by atoms with Gasteiger partial charge in [0, 0.05) is 27.3 Å². The molecule has 0 bridgehead atoms. The molecule has 0 radical (unpaired) electrons. The highest BCUT2D eigenvalue weighted by molar-refractivity contribution is 9.10. The van der Waals surface area contributed by atoms with Crippen molar-refractivity contribution in [2.24, 2.45) is 10.7 Å². The molecule has 4 rings (SSSR count). The molecule has 2 aromatic rings. The zero-order chi connectivity index (χ0) is 17.1. The van der Waals surface area contributed by atoms with E-state index >= 15 is 0 Å². The molecule has 0 aliphatic carbocycles. The molecule has 1 aromatic heterocycles. The quantitative estimate of drug-likeness (QED) is 0.792. The normalized spacial score (nSPS) is 29.0. The summed E-state index contributed by atoms with van der Waals surface area (Å²) in [5.41, 5.74) is 5.80. The number of hydrogen-bond donors (Lipinski definition) is 1. The van der Waals surface area contributed by atoms with Crippen LogP contribution < -0.4 is 5.73 Å². The maximum Gasteiger partial charge on any atom is 0.268 e. The van der Waals surface area contributed by atoms with Crippen LogP contribution in [0.1, 0.15) is 22.9 Å². The lowest BCUT2D eigenvalue weighted by atomic mass is 9.73. The van der Waals surface area contributed by atoms with Crippen LogP contribution in [0.5, 0.6) is 0 Å². The SMILES string of the molecule is CN1C(=O)[C@@]2(OCc3ccccc32)[C@@](C)(c2cc(Br)cs2)N=C1N. The largest absolute Gasteiger partial charge is 0.369 e. The maximum absolute atomic E-state index is 13.4. The number of amides is 1. The van der Waals surface area contributed by atoms with Crippen molar-refractivity contribution in [1.82, 2.24) is 4.90 Å². The first kappa shape index (κ1) is 15.8. The second-order valence-corrected chi connectivity index (χ2v) is 7.99. The van der Waals surface area contributed by atoms with Gasteiger partial charge in [-0.05, 0) is 34.5 Å². The zero-order valence-electron chi connectivity index (χ0n) is 13.2. The van der Waals surface area contributed by atoms with Crippen molar-refractivity contribution in [3.63, 3.8) is 0 Å². The van der Waals surface area contributed by atoms with Gasteiger partial charge in [0.05, 0.1) is 6.61 Å². The van der Waals surface area contributed by atoms with Crippen LogP contribution in [0.3, 0.4) is 0 Å². The third kappa shape index (κ3) is 1.83. The van der Waals surface area contributed by atoms with Gasteiger partial charge in [0.15, 0.2) is 5.96 Å². The minimum absolute atomic E-state index is 0.188. The van der Waals surface area contributed by atoms with E-state index in [1.54, 1.807) is 7.05 Å². The number of ether oxygens (including phenoxy) is 1. The predicted octanol–water partition coefficient (Wildman–Crippen LogP) is 2.94. The van der Waals surface area contributed by atoms with E-state index in [1.165, 1.54) is 16.2 Å². The first-order valence-electron chi connectivity index (χ1n) is 7.50. The molecule has 0 unspecified atom stereocenters. The monoisotopic (exact) mass is 405 g/mol. The number of likely N-dealkylation sites (N-methyl/N-ethyl adjacent to an activating group) is 1. The number of aliphatic imine (C=N–C) groups is 1. The second kappa shape index (κ2) is 5.15. The summed E-state index contributed by atoms with van der Waals surface area (Å²) in [7, 11) is 1.64. The van der Waals surface area contributed by atoms with Crippen molar-refractivity contribution < 1.29 is 9.53 Å². The fraction of sp³-hybridized carbons (Fsp3) is 0.294. The van der Waals surface area contributed by atoms with Gasteiger partial charge in [0.2, 0.25) is 5.60 Å². The fourth-order valence-electron chi connectivity index (χ4n) is 3.56. The standard InChI is InChI=1S/C17H16BrN3O2S/c1-16(13-7-11(18)9-24-13)17(14(22)21(2)15(19)20-16)12-6-4-3-5-10(12)8-23-17/h3-7,9H,8H2,1-2H3,(H2,19,20)/t16-,17-/m1/s1. The van der Waals surface area contributed by atoms with Gasteiger partial charge in [-0.25, -0.2) is 4.99 Å². The highest BCUT2D eigenvalue weighted by Gasteiger charge is 2.64. The molecule has 7 heteroatoms. The van der Waals surface area contributed by atoms with Crippen molar-refractivity contribution in [3.8, 4) is 0 Å². The Labute approximate surface area is 152 Å². The molecular weight excluding hydrogens is 390 g/mol. The molecule has 2 aliphatic heterocycles. The molecule has 2 N–H and O–H groups in total. The third-order valence-corrected chi connectivity index (χ3v) is 6.76. The summed E-state index contributed by atoms with van der Waals surface area (Å²) in [6.07, 6.45) is 0. The zero-order valence-corrected chi connectivity index (χ0v) is 15.6. The van der Waals surface area contributed by atoms with Crippen LogP contribution in [0.15, 0.2) is 45.2 Å². The Morgan fingerprint density at radius 2 is 2.17 bits per heavy atom. The number of benzene rings is 1. The lowest BCUT2D eigenvalue weighted by Crippen LogP contribution is -2.63. The Bertz CT molecular complexity index is 880. The molecule has 0 saturated carbocycles. The highest BCUT2D eigenvalue weighted by atomic mass is 79.9. The minimum Gasteiger partial charge on any atom is -0.369 e. The van der Waals surface area contributed by atoms with Crippen LogP contribution in [0.2, 0.25) is 0 Å². The number of guanidine groups is 1. The summed E-state index contributed by atoms with van der Waals surface area (Å²) in [6, 6.07) is 9.80. The molecule has 5 nitrogen and oxygen atoms in total. The number of nitrogens with two attached hydrogens (primary N) is 1. The molecule has 0 fully saturated rings. The van der Waals surface area contributed by atoms with Gasteiger partial charge in [-0.1, -0.05) is 24.3 Å². The number of thiophene rings is 1. The summed E-state index contributed by atoms with van der Waals surface area (Å²) in [6.45, 7) is 2.30. The second-order valence-electron chi connectivity index (χ2n) is 6.16. The molecule has 1 aromatic carbocycles. The molecule has 24 heavy (non-hydrogen) atoms. The van der Waals surface area contributed by atoms with Crippen molar-refractivity contribution in [1.29, 1.82) is 0 Å². The van der Waals surface area contributed by atoms with Crippen molar-refractivity contribution in [3.05, 3.63) is 56.2 Å². The van der Waals surface area contributed by atoms with Crippen molar-refractivity contribution in [2.75, 3.05) is 7.05 Å². The average molecular weight is 406 g/mol. The summed E-state index contributed by atoms with van der Waals surface area (Å²) in [4.78, 5) is 20.4. The van der Waals surface area contributed by atoms with E-state index in [1.807, 2.05) is 42.6 Å². The van der Waals surface area contributed by atoms with E-state index in [4.69, 9.17) is 15.5 Å². The number of fused-ring (bicyclic) bond motifs is 2. The van der Waals surface area contributed by atoms with Gasteiger partial charge >= 0.3 is 0 Å². The number of carbonyl (C=O) groups excluding carboxylic acids is 1. The van der Waals surface area contributed by atoms with Crippen LogP contribution in [-0.2, 0) is 27.3 Å². The van der Waals surface area contributed by atoms with E-state index < -0.39 is 11.1 Å². The topological polar surface area (TPSA) is 67.9 Å². The maximum atomic E-state index is 13.4. The lowest BCUT2D eigenvalue weighted by molar-refractivity contribution is -0.167. The summed E-state index contributed by atoms with van der Waals surface area (Å²) < 4.78 is 7.15. The van der Waals surface area contributed by atoms with Gasteiger partial charge in [0.25, 0.3) is 5.91 Å². The Hall–Kier alpha value is -1.70. The van der Waals surface area contributed by atoms with E-state index in [0.717, 1.165) is 20.5 Å². The Morgan fingerprint density at radius 1 is 1.42 bits per heavy atom. The smallest absolute Gasteiger partial charge is 0.268 e. The molecule has 0 saturated heterocycles. The molecular formula is C17H16BrN3O2S. The molecule has 124 valence electrons. The number of carbonyl (C=O) groups is 1. The van der Waals surface area contributed by atoms with E-state index in [9.17, 15) is 4.79 Å². The summed E-state index contributed by atoms with van der Waals surface area (Å²) >= 11 is 5.02. The average Bonchev–Trinajstić information content (AvgIpc) is 3.17. The molecule has 2 atom stereocenters. The third-order valence-electron chi connectivity index (χ3n) is 4.86. The number of hydrogen-bond acceptors (Lipinski definition) is 5. The number of halogens is 1. The van der Waals surface area contributed by atoms with Gasteiger partial charge in [-0.15, -0.1) is 11.3 Å². The first-order valence-corrected chi connectivity index (χ1v) is 9.18. The lowest BCUT2D eigenvalue weighted by Gasteiger charge is -2.46. The van der Waals surface area contributed by atoms with E-state index in [0.29, 0.717) is 6.61 Å². The molecule has 3 heterocycles. The van der Waals surface area contributed by atoms with Gasteiger partial charge in [-0.3, -0.25) is 9.69 Å². The Kier molecular flexibility index (Phi) is 3.39. The van der Waals surface area contributed by atoms with Crippen molar-refractivity contribution in [2.45, 2.75) is 24.7 Å². The van der Waals surface area contributed by atoms with Crippen molar-refractivity contribution >= 4 is 39.1 Å². The molecule has 1 spiro atoms. The minimum atomic E-state index is -1.20. The van der Waals surface area contributed by atoms with E-state index in [2.05, 4.69) is 15.9 Å². The summed E-state index contributed by atoms with van der Waals surface area (Å²) in [5, 5.41) is 1.98. The van der Waals surface area contributed by atoms with Gasteiger partial charge in [-0.2, -0.15) is 0 Å². The highest BCUT2D eigenvalue weighted by Crippen LogP contribution is 2.55. The first-order chi connectivity index (χ1) is 11.4. The van der Waals surface area contributed by atoms with E-state index in [-0.39, 0.29) is 11.9 Å². The molecule has 2 aliphatic rings. The van der Waals surface area contributed by atoms with Crippen LogP contribution >= 0.6 is 27.3 Å². The predicted molar refractivity (Wildman–Crippen MR) is 96.7 cm³/mol. The van der Waals surface area contributed by atoms with Gasteiger partial charge < -0.3 is 10.5 Å². The molecule has 1 amide bonds. The summed E-state index contributed by atoms with van der Waals surface area (Å²) in [5.74, 6) is 0.0117. The number of nitrogens with zero attached hydrogens (tertiary/aromatic N) is 2. The van der Waals surface area contributed by atoms with Crippen LogP contribution in [-0.4, -0.2) is 23.8 Å². The van der Waals surface area contributed by atoms with Crippen LogP contribution in [0, 0.1) is 0 Å². The van der Waals surface area contributed by atoms with Crippen LogP contribution in [0.25, 0.3) is 0 Å². The number of rotatable bonds is 1. The fourth-order valence-corrected chi connectivity index (χ4v) is 5.14.